The number of methoxy groups -OCH3 is 2. The topological polar surface area (TPSA) is 131 Å². The number of carbonyl (C=O) groups excluding carboxylic acids is 2. The van der Waals surface area contributed by atoms with E-state index in [-0.39, 0.29) is 59.2 Å². The Bertz CT molecular complexity index is 2630. The number of hydrogen-bond acceptors (Lipinski definition) is 10. The van der Waals surface area contributed by atoms with Crippen LogP contribution >= 0.6 is 0 Å². The van der Waals surface area contributed by atoms with E-state index in [2.05, 4.69) is 70.8 Å². The van der Waals surface area contributed by atoms with E-state index in [1.54, 1.807) is 24.3 Å². The second-order valence-corrected chi connectivity index (χ2v) is 20.9. The summed E-state index contributed by atoms with van der Waals surface area (Å²) < 4.78 is 97.1. The van der Waals surface area contributed by atoms with Crippen molar-refractivity contribution in [2.45, 2.75) is 131 Å². The lowest BCUT2D eigenvalue weighted by Gasteiger charge is -2.40. The van der Waals surface area contributed by atoms with Crippen molar-refractivity contribution >= 4 is 57.3 Å². The molecule has 2 saturated carbocycles. The first kappa shape index (κ1) is 53.3. The summed E-state index contributed by atoms with van der Waals surface area (Å²) in [6.45, 7) is 13.7. The van der Waals surface area contributed by atoms with Crippen molar-refractivity contribution in [3.05, 3.63) is 96.1 Å². The molecule has 2 heterocycles. The summed E-state index contributed by atoms with van der Waals surface area (Å²) in [4.78, 5) is 32.9. The van der Waals surface area contributed by atoms with Crippen LogP contribution in [0.4, 0.5) is 49.6 Å². The van der Waals surface area contributed by atoms with Crippen LogP contribution in [0.5, 0.6) is 11.5 Å². The van der Waals surface area contributed by atoms with Crippen LogP contribution in [-0.2, 0) is 31.9 Å². The Hall–Kier alpha value is -6.46. The average Bonchev–Trinajstić information content (AvgIpc) is 3.83. The number of fused-ring (bicyclic) bond motifs is 2. The molecular weight excluding hydrogens is 943 g/mol. The SMILES string of the molecule is COC(=O)CCc1ccc2c(c1)nc(Nc1ccc(OC(F)(F)F)cc1)n2[C@@H]1C[C@H](C)CC(C)(C)C1.COC(=O)CCc1ccc2c(c1)nc(Nc1ccc(OC(F)(F)F)cc1)n2[C@H]1C[C@@H](C)CC(C)(C)C1. The van der Waals surface area contributed by atoms with Crippen LogP contribution in [0.3, 0.4) is 0 Å². The van der Waals surface area contributed by atoms with Crippen LogP contribution in [0, 0.1) is 22.7 Å². The number of hydrogen-bond donors (Lipinski definition) is 2. The molecule has 0 radical (unpaired) electrons. The molecule has 4 aromatic carbocycles. The van der Waals surface area contributed by atoms with Crippen molar-refractivity contribution < 1.29 is 54.9 Å². The fourth-order valence-corrected chi connectivity index (χ4v) is 10.9. The quantitative estimate of drug-likeness (QED) is 0.0803. The monoisotopic (exact) mass is 1010 g/mol. The molecule has 0 unspecified atom stereocenters. The molecule has 0 saturated heterocycles. The molecular formula is C54H64F6N6O6. The van der Waals surface area contributed by atoms with Crippen LogP contribution in [0.25, 0.3) is 22.1 Å². The largest absolute Gasteiger partial charge is 0.573 e. The molecule has 0 aliphatic heterocycles. The summed E-state index contributed by atoms with van der Waals surface area (Å²) in [5, 5.41) is 6.62. The van der Waals surface area contributed by atoms with Gasteiger partial charge in [0, 0.05) is 36.3 Å². The third-order valence-electron chi connectivity index (χ3n) is 13.3. The first-order chi connectivity index (χ1) is 33.8. The Balaban J connectivity index is 0.000000211. The lowest BCUT2D eigenvalue weighted by molar-refractivity contribution is -0.275. The molecule has 72 heavy (non-hydrogen) atoms. The third-order valence-corrected chi connectivity index (χ3v) is 13.3. The van der Waals surface area contributed by atoms with E-state index in [9.17, 15) is 35.9 Å². The number of halogens is 6. The molecule has 2 aliphatic carbocycles. The Morgan fingerprint density at radius 1 is 0.583 bits per heavy atom. The molecule has 2 aromatic heterocycles. The molecule has 2 N–H and O–H groups in total. The van der Waals surface area contributed by atoms with Gasteiger partial charge in [-0.2, -0.15) is 0 Å². The van der Waals surface area contributed by atoms with E-state index in [1.807, 2.05) is 36.4 Å². The number of benzene rings is 4. The summed E-state index contributed by atoms with van der Waals surface area (Å²) in [6.07, 6.45) is -1.52. The van der Waals surface area contributed by atoms with Crippen LogP contribution in [-0.4, -0.2) is 58.0 Å². The highest BCUT2D eigenvalue weighted by atomic mass is 19.4. The zero-order valence-corrected chi connectivity index (χ0v) is 42.0. The number of ether oxygens (including phenoxy) is 4. The fraction of sp³-hybridized carbons (Fsp3) is 0.481. The molecule has 6 aromatic rings. The van der Waals surface area contributed by atoms with E-state index in [1.165, 1.54) is 38.5 Å². The number of nitrogens with zero attached hydrogens (tertiary/aromatic N) is 4. The smallest absolute Gasteiger partial charge is 0.469 e. The molecule has 0 bridgehead atoms. The number of rotatable bonds is 14. The molecule has 4 atom stereocenters. The van der Waals surface area contributed by atoms with Crippen LogP contribution in [0.15, 0.2) is 84.9 Å². The van der Waals surface area contributed by atoms with Gasteiger partial charge in [0.15, 0.2) is 0 Å². The van der Waals surface area contributed by atoms with Crippen LogP contribution in [0.1, 0.15) is 116 Å². The van der Waals surface area contributed by atoms with Crippen molar-refractivity contribution in [1.82, 2.24) is 19.1 Å². The van der Waals surface area contributed by atoms with Crippen LogP contribution in [0.2, 0.25) is 0 Å². The number of esters is 2. The highest BCUT2D eigenvalue weighted by Gasteiger charge is 2.37. The predicted molar refractivity (Wildman–Crippen MR) is 265 cm³/mol. The second-order valence-electron chi connectivity index (χ2n) is 20.9. The minimum absolute atomic E-state index is 0.174. The number of carbonyl (C=O) groups is 2. The maximum absolute atomic E-state index is 12.5. The summed E-state index contributed by atoms with van der Waals surface area (Å²) in [5.41, 5.74) is 7.08. The lowest BCUT2D eigenvalue weighted by Crippen LogP contribution is -2.29. The van der Waals surface area contributed by atoms with E-state index in [0.717, 1.165) is 71.7 Å². The number of anilines is 4. The van der Waals surface area contributed by atoms with Crippen LogP contribution < -0.4 is 20.1 Å². The number of imidazole rings is 2. The van der Waals surface area contributed by atoms with E-state index in [4.69, 9.17) is 19.4 Å². The van der Waals surface area contributed by atoms with Gasteiger partial charge >= 0.3 is 24.7 Å². The maximum Gasteiger partial charge on any atom is 0.573 e. The molecule has 2 fully saturated rings. The summed E-state index contributed by atoms with van der Waals surface area (Å²) in [7, 11) is 2.75. The molecule has 12 nitrogen and oxygen atoms in total. The van der Waals surface area contributed by atoms with Gasteiger partial charge in [0.05, 0.1) is 36.3 Å². The number of aromatic nitrogens is 4. The summed E-state index contributed by atoms with van der Waals surface area (Å²) in [5.74, 6) is 1.27. The van der Waals surface area contributed by atoms with Crippen molar-refractivity contribution in [2.24, 2.45) is 22.7 Å². The Labute approximate surface area is 415 Å². The number of alkyl halides is 6. The van der Waals surface area contributed by atoms with Gasteiger partial charge in [-0.25, -0.2) is 9.97 Å². The van der Waals surface area contributed by atoms with E-state index in [0.29, 0.717) is 47.9 Å². The van der Waals surface area contributed by atoms with Gasteiger partial charge in [0.2, 0.25) is 11.9 Å². The minimum atomic E-state index is -4.74. The van der Waals surface area contributed by atoms with Gasteiger partial charge in [-0.1, -0.05) is 53.7 Å². The maximum atomic E-state index is 12.5. The number of aryl methyl sites for hydroxylation is 2. The zero-order chi connectivity index (χ0) is 52.2. The Kier molecular flexibility index (Phi) is 16.1. The Morgan fingerprint density at radius 3 is 1.26 bits per heavy atom. The van der Waals surface area contributed by atoms with Gasteiger partial charge in [0.1, 0.15) is 11.5 Å². The molecule has 2 aliphatic rings. The van der Waals surface area contributed by atoms with Gasteiger partial charge in [-0.05, 0) is 158 Å². The fourth-order valence-electron chi connectivity index (χ4n) is 10.9. The molecule has 18 heteroatoms. The lowest BCUT2D eigenvalue weighted by atomic mass is 9.70. The second kappa shape index (κ2) is 21.7. The minimum Gasteiger partial charge on any atom is -0.469 e. The third kappa shape index (κ3) is 14.4. The van der Waals surface area contributed by atoms with Gasteiger partial charge in [-0.15, -0.1) is 26.3 Å². The number of nitrogens with one attached hydrogen (secondary N) is 2. The predicted octanol–water partition coefficient (Wildman–Crippen LogP) is 14.3. The van der Waals surface area contributed by atoms with Gasteiger partial charge < -0.3 is 38.7 Å². The van der Waals surface area contributed by atoms with Crippen molar-refractivity contribution in [3.63, 3.8) is 0 Å². The van der Waals surface area contributed by atoms with Gasteiger partial charge in [-0.3, -0.25) is 9.59 Å². The van der Waals surface area contributed by atoms with Crippen molar-refractivity contribution in [2.75, 3.05) is 24.9 Å². The normalized spacial score (nSPS) is 19.8. The zero-order valence-electron chi connectivity index (χ0n) is 42.0. The standard InChI is InChI=1S/2C27H32F3N3O3/c2*1-17-13-20(16-26(2,3)15-17)33-23-11-5-18(6-12-24(34)35-4)14-22(23)32-25(33)31-19-7-9-21(10-8-19)36-27(28,29)30/h2*5,7-11,14,17,20H,6,12-13,15-16H2,1-4H3,(H,31,32)/t2*17-,20+/m10/s1. The van der Waals surface area contributed by atoms with Gasteiger partial charge in [0.25, 0.3) is 0 Å². The highest BCUT2D eigenvalue weighted by molar-refractivity contribution is 5.82. The van der Waals surface area contributed by atoms with Crippen molar-refractivity contribution in [3.8, 4) is 11.5 Å². The average molecular weight is 1010 g/mol. The highest BCUT2D eigenvalue weighted by Crippen LogP contribution is 2.48. The Morgan fingerprint density at radius 2 is 0.944 bits per heavy atom. The first-order valence-corrected chi connectivity index (χ1v) is 24.3. The van der Waals surface area contributed by atoms with E-state index < -0.39 is 12.7 Å². The first-order valence-electron chi connectivity index (χ1n) is 24.3. The molecule has 0 spiro atoms. The molecule has 0 amide bonds. The summed E-state index contributed by atoms with van der Waals surface area (Å²) in [6, 6.07) is 23.8. The molecule has 8 rings (SSSR count). The molecule has 388 valence electrons. The van der Waals surface area contributed by atoms with Crippen molar-refractivity contribution in [1.29, 1.82) is 0 Å². The summed E-state index contributed by atoms with van der Waals surface area (Å²) >= 11 is 0. The van der Waals surface area contributed by atoms with E-state index >= 15 is 0 Å².